The lowest BCUT2D eigenvalue weighted by Gasteiger charge is -2.12. The van der Waals surface area contributed by atoms with Gasteiger partial charge in [-0.25, -0.2) is 9.18 Å². The zero-order valence-corrected chi connectivity index (χ0v) is 16.8. The molecule has 9 heteroatoms. The minimum atomic E-state index is -0.782. The molecular weight excluding hydrogens is 423 g/mol. The lowest BCUT2D eigenvalue weighted by atomic mass is 10.2. The minimum absolute atomic E-state index is 0.0594. The van der Waals surface area contributed by atoms with E-state index < -0.39 is 28.5 Å². The van der Waals surface area contributed by atoms with Gasteiger partial charge < -0.3 is 9.73 Å². The van der Waals surface area contributed by atoms with Gasteiger partial charge in [0.15, 0.2) is 0 Å². The Hall–Kier alpha value is -3.72. The second-order valence-corrected chi connectivity index (χ2v) is 7.59. The van der Waals surface area contributed by atoms with Crippen LogP contribution in [0.15, 0.2) is 68.7 Å². The Bertz CT molecular complexity index is 1300. The van der Waals surface area contributed by atoms with Crippen molar-refractivity contribution in [3.8, 4) is 0 Å². The fourth-order valence-corrected chi connectivity index (χ4v) is 3.88. The van der Waals surface area contributed by atoms with Gasteiger partial charge in [0.1, 0.15) is 17.0 Å². The van der Waals surface area contributed by atoms with E-state index in [-0.39, 0.29) is 29.1 Å². The van der Waals surface area contributed by atoms with Gasteiger partial charge in [-0.15, -0.1) is 0 Å². The molecule has 0 spiro atoms. The topological polar surface area (TPSA) is 96.7 Å². The molecule has 3 amide bonds. The smallest absolute Gasteiger partial charge is 0.349 e. The number of carbonyl (C=O) groups is 3. The number of rotatable bonds is 5. The van der Waals surface area contributed by atoms with Crippen molar-refractivity contribution in [2.75, 3.05) is 13.1 Å². The molecule has 0 unspecified atom stereocenters. The summed E-state index contributed by atoms with van der Waals surface area (Å²) in [5.41, 5.74) is -0.393. The van der Waals surface area contributed by atoms with E-state index in [2.05, 4.69) is 5.32 Å². The third kappa shape index (κ3) is 4.26. The SMILES string of the molecule is O=C(NCCN1C(=O)S/C(=C\c2ccccc2F)C1=O)c1cc2ccccc2oc1=O. The number of nitrogens with one attached hydrogen (secondary N) is 1. The highest BCUT2D eigenvalue weighted by Crippen LogP contribution is 2.32. The van der Waals surface area contributed by atoms with Crippen LogP contribution >= 0.6 is 11.8 Å². The van der Waals surface area contributed by atoms with E-state index in [1.165, 1.54) is 30.3 Å². The van der Waals surface area contributed by atoms with E-state index in [9.17, 15) is 23.6 Å². The Morgan fingerprint density at radius 2 is 1.84 bits per heavy atom. The van der Waals surface area contributed by atoms with E-state index in [4.69, 9.17) is 4.42 Å². The van der Waals surface area contributed by atoms with Crippen LogP contribution in [0, 0.1) is 5.82 Å². The number of imide groups is 1. The number of hydrogen-bond acceptors (Lipinski definition) is 6. The largest absolute Gasteiger partial charge is 0.422 e. The molecule has 1 saturated heterocycles. The van der Waals surface area contributed by atoms with E-state index in [0.29, 0.717) is 22.7 Å². The van der Waals surface area contributed by atoms with Crippen LogP contribution in [0.25, 0.3) is 17.0 Å². The number of nitrogens with zero attached hydrogens (tertiary/aromatic N) is 1. The number of amides is 3. The van der Waals surface area contributed by atoms with Gasteiger partial charge in [-0.2, -0.15) is 0 Å². The maximum atomic E-state index is 13.8. The quantitative estimate of drug-likeness (QED) is 0.485. The van der Waals surface area contributed by atoms with Crippen molar-refractivity contribution < 1.29 is 23.2 Å². The average molecular weight is 438 g/mol. The first kappa shape index (κ1) is 20.5. The van der Waals surface area contributed by atoms with Crippen LogP contribution in [-0.4, -0.2) is 35.0 Å². The molecule has 3 aromatic rings. The highest BCUT2D eigenvalue weighted by atomic mass is 32.2. The molecule has 156 valence electrons. The molecule has 0 atom stereocenters. The summed E-state index contributed by atoms with van der Waals surface area (Å²) < 4.78 is 18.9. The third-order valence-electron chi connectivity index (χ3n) is 4.57. The summed E-state index contributed by atoms with van der Waals surface area (Å²) >= 11 is 0.699. The molecule has 2 heterocycles. The molecule has 0 radical (unpaired) electrons. The van der Waals surface area contributed by atoms with Gasteiger partial charge in [0, 0.05) is 24.0 Å². The van der Waals surface area contributed by atoms with Crippen molar-refractivity contribution in [2.45, 2.75) is 0 Å². The van der Waals surface area contributed by atoms with E-state index in [1.807, 2.05) is 0 Å². The number of hydrogen-bond donors (Lipinski definition) is 1. The monoisotopic (exact) mass is 438 g/mol. The second kappa shape index (κ2) is 8.57. The fraction of sp³-hybridized carbons (Fsp3) is 0.0909. The summed E-state index contributed by atoms with van der Waals surface area (Å²) in [7, 11) is 0. The Kier molecular flexibility index (Phi) is 5.68. The molecule has 1 aromatic heterocycles. The molecule has 1 aliphatic heterocycles. The van der Waals surface area contributed by atoms with Gasteiger partial charge in [0.05, 0.1) is 4.91 Å². The first-order chi connectivity index (χ1) is 14.9. The highest BCUT2D eigenvalue weighted by molar-refractivity contribution is 8.18. The Morgan fingerprint density at radius 1 is 1.10 bits per heavy atom. The van der Waals surface area contributed by atoms with Crippen molar-refractivity contribution in [2.24, 2.45) is 0 Å². The maximum absolute atomic E-state index is 13.8. The van der Waals surface area contributed by atoms with Gasteiger partial charge in [0.25, 0.3) is 17.1 Å². The fourth-order valence-electron chi connectivity index (χ4n) is 3.02. The van der Waals surface area contributed by atoms with Crippen molar-refractivity contribution in [1.29, 1.82) is 0 Å². The third-order valence-corrected chi connectivity index (χ3v) is 5.48. The molecule has 1 fully saturated rings. The zero-order chi connectivity index (χ0) is 22.0. The van der Waals surface area contributed by atoms with E-state index in [0.717, 1.165) is 4.90 Å². The van der Waals surface area contributed by atoms with Crippen molar-refractivity contribution in [3.63, 3.8) is 0 Å². The molecule has 1 aliphatic rings. The van der Waals surface area contributed by atoms with Gasteiger partial charge in [-0.1, -0.05) is 36.4 Å². The van der Waals surface area contributed by atoms with Crippen molar-refractivity contribution in [1.82, 2.24) is 10.2 Å². The number of thioether (sulfide) groups is 1. The van der Waals surface area contributed by atoms with Crippen LogP contribution in [0.1, 0.15) is 15.9 Å². The molecule has 1 N–H and O–H groups in total. The lowest BCUT2D eigenvalue weighted by Crippen LogP contribution is -2.38. The summed E-state index contributed by atoms with van der Waals surface area (Å²) in [5, 5.41) is 2.59. The van der Waals surface area contributed by atoms with Gasteiger partial charge in [0.2, 0.25) is 0 Å². The first-order valence-corrected chi connectivity index (χ1v) is 10.1. The molecule has 31 heavy (non-hydrogen) atoms. The molecule has 4 rings (SSSR count). The lowest BCUT2D eigenvalue weighted by molar-refractivity contribution is -0.122. The summed E-state index contributed by atoms with van der Waals surface area (Å²) in [6.07, 6.45) is 1.32. The van der Waals surface area contributed by atoms with Crippen LogP contribution in [0.5, 0.6) is 0 Å². The van der Waals surface area contributed by atoms with Crippen molar-refractivity contribution in [3.05, 3.63) is 86.9 Å². The number of halogens is 1. The number of fused-ring (bicyclic) bond motifs is 1. The molecule has 7 nitrogen and oxygen atoms in total. The predicted octanol–water partition coefficient (Wildman–Crippen LogP) is 3.40. The van der Waals surface area contributed by atoms with Gasteiger partial charge in [-0.3, -0.25) is 19.3 Å². The van der Waals surface area contributed by atoms with E-state index in [1.54, 1.807) is 30.3 Å². The highest BCUT2D eigenvalue weighted by Gasteiger charge is 2.34. The minimum Gasteiger partial charge on any atom is -0.422 e. The molecule has 2 aromatic carbocycles. The van der Waals surface area contributed by atoms with Gasteiger partial charge >= 0.3 is 5.63 Å². The van der Waals surface area contributed by atoms with Crippen LogP contribution in [0.2, 0.25) is 0 Å². The van der Waals surface area contributed by atoms with Crippen LogP contribution in [-0.2, 0) is 4.79 Å². The zero-order valence-electron chi connectivity index (χ0n) is 16.0. The molecule has 0 saturated carbocycles. The summed E-state index contributed by atoms with van der Waals surface area (Å²) in [6, 6.07) is 14.1. The molecule has 0 bridgehead atoms. The van der Waals surface area contributed by atoms with Crippen LogP contribution < -0.4 is 10.9 Å². The first-order valence-electron chi connectivity index (χ1n) is 9.25. The molecular formula is C22H15FN2O5S. The summed E-state index contributed by atoms with van der Waals surface area (Å²) in [4.78, 5) is 50.1. The van der Waals surface area contributed by atoms with E-state index >= 15 is 0 Å². The normalized spacial score (nSPS) is 15.1. The average Bonchev–Trinajstić information content (AvgIpc) is 3.02. The molecule has 0 aliphatic carbocycles. The summed E-state index contributed by atoms with van der Waals surface area (Å²) in [6.45, 7) is -0.153. The number of benzene rings is 2. The number of para-hydroxylation sites is 1. The van der Waals surface area contributed by atoms with Crippen LogP contribution in [0.3, 0.4) is 0 Å². The summed E-state index contributed by atoms with van der Waals surface area (Å²) in [5.74, 6) is -1.75. The van der Waals surface area contributed by atoms with Crippen LogP contribution in [0.4, 0.5) is 9.18 Å². The Labute approximate surface area is 179 Å². The predicted molar refractivity (Wildman–Crippen MR) is 114 cm³/mol. The number of carbonyl (C=O) groups excluding carboxylic acids is 3. The maximum Gasteiger partial charge on any atom is 0.349 e. The van der Waals surface area contributed by atoms with Gasteiger partial charge in [-0.05, 0) is 36.0 Å². The standard InChI is InChI=1S/C22H15FN2O5S/c23-16-7-3-1-5-13(16)12-18-20(27)25(22(29)31-18)10-9-24-19(26)15-11-14-6-2-4-8-17(14)30-21(15)28/h1-8,11-12H,9-10H2,(H,24,26)/b18-12-. The second-order valence-electron chi connectivity index (χ2n) is 6.60. The van der Waals surface area contributed by atoms with Crippen molar-refractivity contribution >= 4 is 45.9 Å². The Morgan fingerprint density at radius 3 is 2.65 bits per heavy atom. The Balaban J connectivity index is 1.42.